The fraction of sp³-hybridized carbons (Fsp3) is 0.667. The van der Waals surface area contributed by atoms with Crippen LogP contribution in [-0.4, -0.2) is 38.4 Å². The zero-order valence-corrected chi connectivity index (χ0v) is 7.57. The molecule has 6 heteroatoms. The van der Waals surface area contributed by atoms with Crippen LogP contribution in [0.2, 0.25) is 0 Å². The second kappa shape index (κ2) is 3.21. The first-order chi connectivity index (χ1) is 5.79. The van der Waals surface area contributed by atoms with Crippen molar-refractivity contribution in [3.05, 3.63) is 0 Å². The summed E-state index contributed by atoms with van der Waals surface area (Å²) in [4.78, 5) is 11.3. The third-order valence-corrected chi connectivity index (χ3v) is 2.46. The van der Waals surface area contributed by atoms with Gasteiger partial charge in [-0.3, -0.25) is 9.53 Å². The Bertz CT molecular complexity index is 270. The first-order valence-electron chi connectivity index (χ1n) is 3.75. The van der Waals surface area contributed by atoms with Gasteiger partial charge in [0, 0.05) is 14.1 Å². The van der Waals surface area contributed by atoms with E-state index in [2.05, 4.69) is 5.81 Å². The number of ketones is 1. The van der Waals surface area contributed by atoms with Gasteiger partial charge in [0.25, 0.3) is 0 Å². The molecule has 0 saturated carbocycles. The van der Waals surface area contributed by atoms with Crippen molar-refractivity contribution in [2.75, 3.05) is 6.61 Å². The number of carbonyl (C=O) groups is 1. The number of ether oxygens (including phenoxy) is 2. The highest BCUT2D eigenvalue weighted by atomic mass is 31.1. The summed E-state index contributed by atoms with van der Waals surface area (Å²) in [6.45, 7) is 0.423. The minimum absolute atomic E-state index is 0.0113. The predicted octanol–water partition coefficient (Wildman–Crippen LogP) is -1.16. The first kappa shape index (κ1) is 8.30. The standard InChI is InChI=1S/C6H8BO4P/c7-6-4(8)5-3(11-6)1-10-12-2-9-5/h3,5-6,12H,1,7H2/t3?,5-,6?/m1/s1. The van der Waals surface area contributed by atoms with Crippen molar-refractivity contribution in [1.29, 1.82) is 0 Å². The van der Waals surface area contributed by atoms with E-state index in [-0.39, 0.29) is 26.2 Å². The van der Waals surface area contributed by atoms with Gasteiger partial charge in [-0.25, -0.2) is 0 Å². The van der Waals surface area contributed by atoms with Crippen molar-refractivity contribution in [2.24, 2.45) is 0 Å². The zero-order chi connectivity index (χ0) is 8.55. The van der Waals surface area contributed by atoms with Gasteiger partial charge in [0.05, 0.1) is 12.6 Å². The van der Waals surface area contributed by atoms with E-state index >= 15 is 0 Å². The van der Waals surface area contributed by atoms with Gasteiger partial charge in [-0.1, -0.05) is 0 Å². The minimum Gasteiger partial charge on any atom is -0.371 e. The Morgan fingerprint density at radius 2 is 2.50 bits per heavy atom. The smallest absolute Gasteiger partial charge is 0.185 e. The molecule has 0 spiro atoms. The van der Waals surface area contributed by atoms with E-state index in [9.17, 15) is 4.79 Å². The third kappa shape index (κ3) is 1.31. The molecule has 4 nitrogen and oxygen atoms in total. The summed E-state index contributed by atoms with van der Waals surface area (Å²) in [5.74, 6) is 2.56. The van der Waals surface area contributed by atoms with E-state index in [4.69, 9.17) is 14.0 Å². The summed E-state index contributed by atoms with van der Waals surface area (Å²) in [6.07, 6.45) is -0.731. The van der Waals surface area contributed by atoms with Gasteiger partial charge in [-0.15, -0.1) is 0 Å². The lowest BCUT2D eigenvalue weighted by molar-refractivity contribution is -0.124. The molecule has 0 aromatic heterocycles. The average Bonchev–Trinajstić information content (AvgIpc) is 2.30. The summed E-state index contributed by atoms with van der Waals surface area (Å²) in [6, 6.07) is -0.369. The van der Waals surface area contributed by atoms with Crippen LogP contribution < -0.4 is 0 Å². The van der Waals surface area contributed by atoms with Crippen LogP contribution in [0.1, 0.15) is 0 Å². The maximum Gasteiger partial charge on any atom is 0.185 e. The monoisotopic (exact) mass is 186 g/mol. The molecule has 64 valence electrons. The second-order valence-electron chi connectivity index (χ2n) is 2.77. The number of hydrogen-bond acceptors (Lipinski definition) is 4. The molecule has 12 heavy (non-hydrogen) atoms. The lowest BCUT2D eigenvalue weighted by Gasteiger charge is -2.10. The average molecular weight is 186 g/mol. The van der Waals surface area contributed by atoms with E-state index in [1.807, 2.05) is 0 Å². The Labute approximate surface area is 72.1 Å². The SMILES string of the molecule is BC1OC2CO[PH]#CO[C@H]2C1=O. The van der Waals surface area contributed by atoms with E-state index in [0.29, 0.717) is 6.61 Å². The Morgan fingerprint density at radius 1 is 1.67 bits per heavy atom. The van der Waals surface area contributed by atoms with Crippen molar-refractivity contribution in [3.63, 3.8) is 0 Å². The van der Waals surface area contributed by atoms with Gasteiger partial charge in [-0.05, 0) is 0 Å². The number of fused-ring (bicyclic) bond motifs is 1. The first-order valence-corrected chi connectivity index (χ1v) is 4.66. The lowest BCUT2D eigenvalue weighted by atomic mass is 9.95. The second-order valence-corrected chi connectivity index (χ2v) is 3.47. The van der Waals surface area contributed by atoms with Gasteiger partial charge in [0.2, 0.25) is 0 Å². The summed E-state index contributed by atoms with van der Waals surface area (Å²) in [7, 11) is 1.81. The molecule has 0 aromatic rings. The van der Waals surface area contributed by atoms with Crippen molar-refractivity contribution in [3.8, 4) is 5.81 Å². The summed E-state index contributed by atoms with van der Waals surface area (Å²) in [5, 5.41) is 0. The quantitative estimate of drug-likeness (QED) is 0.353. The molecule has 1 fully saturated rings. The molecule has 2 rings (SSSR count). The van der Waals surface area contributed by atoms with Crippen LogP contribution in [0.25, 0.3) is 0 Å². The van der Waals surface area contributed by atoms with Crippen molar-refractivity contribution >= 4 is 21.9 Å². The third-order valence-electron chi connectivity index (χ3n) is 1.95. The van der Waals surface area contributed by atoms with Crippen molar-refractivity contribution in [2.45, 2.75) is 18.2 Å². The van der Waals surface area contributed by atoms with E-state index in [1.54, 1.807) is 7.85 Å². The van der Waals surface area contributed by atoms with Crippen LogP contribution in [-0.2, 0) is 18.8 Å². The number of Topliss-reactive ketones (excluding diaryl/α,β-unsaturated/α-hetero) is 1. The maximum atomic E-state index is 11.3. The molecule has 3 unspecified atom stereocenters. The number of carbonyl (C=O) groups excluding carboxylic acids is 1. The van der Waals surface area contributed by atoms with Crippen LogP contribution >= 0.6 is 8.26 Å². The van der Waals surface area contributed by atoms with Crippen LogP contribution in [0, 0.1) is 5.81 Å². The minimum atomic E-state index is -0.491. The summed E-state index contributed by atoms with van der Waals surface area (Å²) < 4.78 is 15.5. The molecule has 2 aliphatic heterocycles. The molecule has 2 aliphatic rings. The largest absolute Gasteiger partial charge is 0.371 e. The Balaban J connectivity index is 2.17. The molecule has 4 atom stereocenters. The predicted molar refractivity (Wildman–Crippen MR) is 45.2 cm³/mol. The van der Waals surface area contributed by atoms with Crippen LogP contribution in [0.5, 0.6) is 0 Å². The Kier molecular flexibility index (Phi) is 2.22. The van der Waals surface area contributed by atoms with Gasteiger partial charge < -0.3 is 9.26 Å². The van der Waals surface area contributed by atoms with Crippen molar-refractivity contribution < 1.29 is 18.8 Å². The maximum absolute atomic E-state index is 11.3. The topological polar surface area (TPSA) is 44.8 Å². The molecule has 0 aliphatic carbocycles. The van der Waals surface area contributed by atoms with E-state index < -0.39 is 6.10 Å². The van der Waals surface area contributed by atoms with Gasteiger partial charge >= 0.3 is 0 Å². The van der Waals surface area contributed by atoms with Crippen LogP contribution in [0.4, 0.5) is 0 Å². The van der Waals surface area contributed by atoms with Crippen molar-refractivity contribution in [1.82, 2.24) is 0 Å². The van der Waals surface area contributed by atoms with Crippen LogP contribution in [0.15, 0.2) is 0 Å². The van der Waals surface area contributed by atoms with Gasteiger partial charge in [-0.2, -0.15) is 0 Å². The highest BCUT2D eigenvalue weighted by molar-refractivity contribution is 7.20. The molecule has 2 heterocycles. The highest BCUT2D eigenvalue weighted by Crippen LogP contribution is 2.21. The summed E-state index contributed by atoms with van der Waals surface area (Å²) in [5.41, 5.74) is 0. The van der Waals surface area contributed by atoms with E-state index in [1.165, 1.54) is 0 Å². The van der Waals surface area contributed by atoms with Gasteiger partial charge in [0.15, 0.2) is 11.9 Å². The Hall–Kier alpha value is -0.305. The molecule has 0 radical (unpaired) electrons. The lowest BCUT2D eigenvalue weighted by Crippen LogP contribution is -2.31. The van der Waals surface area contributed by atoms with Gasteiger partial charge in [0.1, 0.15) is 14.0 Å². The van der Waals surface area contributed by atoms with E-state index in [0.717, 1.165) is 0 Å². The molecule has 1 saturated heterocycles. The number of hydrogen-bond donors (Lipinski definition) is 0. The normalized spacial score (nSPS) is 41.7. The highest BCUT2D eigenvalue weighted by Gasteiger charge is 2.42. The fourth-order valence-corrected chi connectivity index (χ4v) is 1.80. The molecule has 0 bridgehead atoms. The zero-order valence-electron chi connectivity index (χ0n) is 6.57. The molecule has 0 N–H and O–H groups in total. The molecular formula is C6H8BO4P. The number of rotatable bonds is 0. The molecular weight excluding hydrogens is 178 g/mol. The molecule has 0 aromatic carbocycles. The molecule has 0 amide bonds. The Morgan fingerprint density at radius 3 is 3.33 bits per heavy atom. The summed E-state index contributed by atoms with van der Waals surface area (Å²) >= 11 is 0. The van der Waals surface area contributed by atoms with Crippen LogP contribution in [0.3, 0.4) is 0 Å². The fourth-order valence-electron chi connectivity index (χ4n) is 1.32.